The summed E-state index contributed by atoms with van der Waals surface area (Å²) in [5, 5.41) is 4.25. The Morgan fingerprint density at radius 1 is 1.46 bits per heavy atom. The van der Waals surface area contributed by atoms with Gasteiger partial charge in [-0.15, -0.1) is 0 Å². The molecule has 1 fully saturated rings. The highest BCUT2D eigenvalue weighted by Crippen LogP contribution is 2.27. The number of hydrogen-bond donors (Lipinski definition) is 0. The van der Waals surface area contributed by atoms with Gasteiger partial charge in [-0.2, -0.15) is 5.10 Å². The summed E-state index contributed by atoms with van der Waals surface area (Å²) in [6.07, 6.45) is 8.28. The van der Waals surface area contributed by atoms with Gasteiger partial charge in [-0.25, -0.2) is 0 Å². The first kappa shape index (κ1) is 10.3. The molecule has 13 heavy (non-hydrogen) atoms. The molecule has 0 N–H and O–H groups in total. The van der Waals surface area contributed by atoms with Crippen LogP contribution in [0, 0.1) is 12.8 Å². The molecule has 0 spiro atoms. The minimum absolute atomic E-state index is 0.911. The van der Waals surface area contributed by atoms with Crippen molar-refractivity contribution in [1.82, 2.24) is 9.78 Å². The van der Waals surface area contributed by atoms with E-state index in [4.69, 9.17) is 0 Å². The Hall–Kier alpha value is -0.790. The van der Waals surface area contributed by atoms with E-state index in [0.29, 0.717) is 0 Å². The summed E-state index contributed by atoms with van der Waals surface area (Å²) in [4.78, 5) is 0. The van der Waals surface area contributed by atoms with Gasteiger partial charge in [-0.3, -0.25) is 4.68 Å². The average Bonchev–Trinajstić information content (AvgIpc) is 2.48. The van der Waals surface area contributed by atoms with Crippen LogP contribution in [0.3, 0.4) is 0 Å². The molecule has 1 aliphatic carbocycles. The Morgan fingerprint density at radius 2 is 2.15 bits per heavy atom. The minimum Gasteiger partial charge on any atom is -0.272 e. The van der Waals surface area contributed by atoms with E-state index in [1.54, 1.807) is 0 Å². The van der Waals surface area contributed by atoms with Gasteiger partial charge in [0.25, 0.3) is 0 Å². The molecule has 74 valence electrons. The van der Waals surface area contributed by atoms with E-state index in [2.05, 4.69) is 22.9 Å². The molecule has 1 aromatic rings. The molecule has 0 aromatic carbocycles. The van der Waals surface area contributed by atoms with Crippen molar-refractivity contribution >= 4 is 0 Å². The van der Waals surface area contributed by atoms with Crippen molar-refractivity contribution in [3.63, 3.8) is 0 Å². The summed E-state index contributed by atoms with van der Waals surface area (Å²) in [5.41, 5.74) is 1.27. The molecule has 0 unspecified atom stereocenters. The third-order valence-electron chi connectivity index (χ3n) is 2.43. The summed E-state index contributed by atoms with van der Waals surface area (Å²) in [5.74, 6) is 0.911. The van der Waals surface area contributed by atoms with Crippen molar-refractivity contribution in [2.45, 2.75) is 46.6 Å². The van der Waals surface area contributed by atoms with Gasteiger partial charge < -0.3 is 0 Å². The van der Waals surface area contributed by atoms with Crippen LogP contribution in [0.15, 0.2) is 12.4 Å². The fraction of sp³-hybridized carbons (Fsp3) is 0.727. The zero-order valence-electron chi connectivity index (χ0n) is 8.95. The molecule has 2 nitrogen and oxygen atoms in total. The molecule has 0 saturated heterocycles. The highest BCUT2D eigenvalue weighted by molar-refractivity contribution is 4.99. The Balaban J connectivity index is 0.000000396. The Morgan fingerprint density at radius 3 is 2.54 bits per heavy atom. The van der Waals surface area contributed by atoms with E-state index >= 15 is 0 Å². The molecule has 0 bridgehead atoms. The Labute approximate surface area is 81.0 Å². The van der Waals surface area contributed by atoms with Gasteiger partial charge in [0.05, 0.1) is 6.20 Å². The number of hydrogen-bond acceptors (Lipinski definition) is 1. The topological polar surface area (TPSA) is 17.8 Å². The molecule has 1 saturated carbocycles. The maximum atomic E-state index is 4.25. The van der Waals surface area contributed by atoms with Crippen LogP contribution in [-0.2, 0) is 6.54 Å². The van der Waals surface area contributed by atoms with Crippen LogP contribution in [-0.4, -0.2) is 9.78 Å². The van der Waals surface area contributed by atoms with E-state index in [1.807, 2.05) is 20.0 Å². The van der Waals surface area contributed by atoms with Gasteiger partial charge in [-0.05, 0) is 31.2 Å². The normalized spacial score (nSPS) is 15.9. The number of nitrogens with zero attached hydrogens (tertiary/aromatic N) is 2. The first-order chi connectivity index (χ1) is 6.34. The van der Waals surface area contributed by atoms with Crippen LogP contribution in [0.4, 0.5) is 0 Å². The third-order valence-corrected chi connectivity index (χ3v) is 2.43. The van der Waals surface area contributed by atoms with Gasteiger partial charge in [0.2, 0.25) is 0 Å². The largest absolute Gasteiger partial charge is 0.272 e. The molecular formula is C11H20N2. The van der Waals surface area contributed by atoms with Crippen LogP contribution in [0.1, 0.15) is 38.7 Å². The second kappa shape index (κ2) is 5.05. The highest BCUT2D eigenvalue weighted by atomic mass is 15.3. The molecule has 0 radical (unpaired) electrons. The molecule has 2 rings (SSSR count). The standard InChI is InChI=1S/C9H14N2.C2H6/c1-8-5-10-11(6-8)7-9-3-2-4-9;1-2/h5-6,9H,2-4,7H2,1H3;1-2H3. The van der Waals surface area contributed by atoms with Crippen molar-refractivity contribution in [1.29, 1.82) is 0 Å². The molecule has 1 aromatic heterocycles. The maximum Gasteiger partial charge on any atom is 0.0518 e. The molecule has 0 amide bonds. The van der Waals surface area contributed by atoms with E-state index in [9.17, 15) is 0 Å². The summed E-state index contributed by atoms with van der Waals surface area (Å²) in [7, 11) is 0. The first-order valence-electron chi connectivity index (χ1n) is 5.33. The molecule has 0 aliphatic heterocycles. The van der Waals surface area contributed by atoms with Crippen molar-refractivity contribution in [2.75, 3.05) is 0 Å². The number of aryl methyl sites for hydroxylation is 1. The van der Waals surface area contributed by atoms with Gasteiger partial charge in [-0.1, -0.05) is 20.3 Å². The quantitative estimate of drug-likeness (QED) is 0.684. The van der Waals surface area contributed by atoms with Crippen molar-refractivity contribution in [3.8, 4) is 0 Å². The fourth-order valence-electron chi connectivity index (χ4n) is 1.51. The summed E-state index contributed by atoms with van der Waals surface area (Å²) in [6.45, 7) is 7.22. The minimum atomic E-state index is 0.911. The van der Waals surface area contributed by atoms with Crippen LogP contribution < -0.4 is 0 Å². The third kappa shape index (κ3) is 2.87. The maximum absolute atomic E-state index is 4.25. The monoisotopic (exact) mass is 180 g/mol. The lowest BCUT2D eigenvalue weighted by Crippen LogP contribution is -2.18. The van der Waals surface area contributed by atoms with Gasteiger partial charge >= 0.3 is 0 Å². The zero-order chi connectivity index (χ0) is 9.68. The summed E-state index contributed by atoms with van der Waals surface area (Å²) < 4.78 is 2.07. The van der Waals surface area contributed by atoms with Gasteiger partial charge in [0.1, 0.15) is 0 Å². The summed E-state index contributed by atoms with van der Waals surface area (Å²) in [6, 6.07) is 0. The SMILES string of the molecule is CC.Cc1cnn(CC2CCC2)c1. The predicted octanol–water partition coefficient (Wildman–Crippen LogP) is 3.02. The van der Waals surface area contributed by atoms with Crippen LogP contribution in [0.25, 0.3) is 0 Å². The first-order valence-corrected chi connectivity index (χ1v) is 5.33. The lowest BCUT2D eigenvalue weighted by Gasteiger charge is -2.24. The Bertz CT molecular complexity index is 236. The van der Waals surface area contributed by atoms with E-state index < -0.39 is 0 Å². The second-order valence-corrected chi connectivity index (χ2v) is 3.54. The van der Waals surface area contributed by atoms with Gasteiger partial charge in [0, 0.05) is 12.7 Å². The average molecular weight is 180 g/mol. The molecule has 2 heteroatoms. The lowest BCUT2D eigenvalue weighted by molar-refractivity contribution is 0.266. The van der Waals surface area contributed by atoms with E-state index in [1.165, 1.54) is 24.8 Å². The van der Waals surface area contributed by atoms with E-state index in [-0.39, 0.29) is 0 Å². The lowest BCUT2D eigenvalue weighted by atomic mass is 9.85. The molecule has 1 aliphatic rings. The molecular weight excluding hydrogens is 160 g/mol. The molecule has 0 atom stereocenters. The van der Waals surface area contributed by atoms with Crippen LogP contribution in [0.2, 0.25) is 0 Å². The smallest absolute Gasteiger partial charge is 0.0518 e. The predicted molar refractivity (Wildman–Crippen MR) is 55.7 cm³/mol. The fourth-order valence-corrected chi connectivity index (χ4v) is 1.51. The highest BCUT2D eigenvalue weighted by Gasteiger charge is 2.17. The second-order valence-electron chi connectivity index (χ2n) is 3.54. The van der Waals surface area contributed by atoms with Crippen molar-refractivity contribution in [2.24, 2.45) is 5.92 Å². The van der Waals surface area contributed by atoms with Crippen molar-refractivity contribution in [3.05, 3.63) is 18.0 Å². The summed E-state index contributed by atoms with van der Waals surface area (Å²) >= 11 is 0. The van der Waals surface area contributed by atoms with E-state index in [0.717, 1.165) is 12.5 Å². The van der Waals surface area contributed by atoms with Crippen LogP contribution >= 0.6 is 0 Å². The number of aromatic nitrogens is 2. The number of rotatable bonds is 2. The van der Waals surface area contributed by atoms with Crippen LogP contribution in [0.5, 0.6) is 0 Å². The Kier molecular flexibility index (Phi) is 4.00. The zero-order valence-corrected chi connectivity index (χ0v) is 8.95. The van der Waals surface area contributed by atoms with Crippen molar-refractivity contribution < 1.29 is 0 Å². The molecule has 1 heterocycles. The van der Waals surface area contributed by atoms with Gasteiger partial charge in [0.15, 0.2) is 0 Å².